The van der Waals surface area contributed by atoms with Crippen molar-refractivity contribution in [2.75, 3.05) is 5.75 Å². The van der Waals surface area contributed by atoms with Crippen molar-refractivity contribution in [2.45, 2.75) is 51.6 Å². The Morgan fingerprint density at radius 1 is 1.35 bits per heavy atom. The normalized spacial score (nSPS) is 34.7. The molecule has 4 atom stereocenters. The van der Waals surface area contributed by atoms with Gasteiger partial charge in [0, 0.05) is 5.41 Å². The van der Waals surface area contributed by atoms with Crippen molar-refractivity contribution in [3.63, 3.8) is 0 Å². The van der Waals surface area contributed by atoms with Crippen LogP contribution in [-0.4, -0.2) is 41.7 Å². The van der Waals surface area contributed by atoms with Gasteiger partial charge in [0.2, 0.25) is 10.0 Å². The van der Waals surface area contributed by atoms with E-state index in [2.05, 4.69) is 19.3 Å². The Morgan fingerprint density at radius 3 is 2.65 bits per heavy atom. The van der Waals surface area contributed by atoms with E-state index in [4.69, 9.17) is 0 Å². The van der Waals surface area contributed by atoms with Gasteiger partial charge in [0.25, 0.3) is 5.91 Å². The third-order valence-corrected chi connectivity index (χ3v) is 9.28. The van der Waals surface area contributed by atoms with Crippen molar-refractivity contribution < 1.29 is 18.4 Å². The first-order chi connectivity index (χ1) is 12.2. The number of hydrogen-bond donors (Lipinski definition) is 2. The Bertz CT molecular complexity index is 823. The summed E-state index contributed by atoms with van der Waals surface area (Å²) in [6, 6.07) is 8.06. The van der Waals surface area contributed by atoms with Crippen LogP contribution in [0.25, 0.3) is 0 Å². The van der Waals surface area contributed by atoms with Crippen molar-refractivity contribution in [3.8, 4) is 0 Å². The van der Waals surface area contributed by atoms with Gasteiger partial charge in [0.15, 0.2) is 0 Å². The van der Waals surface area contributed by atoms with E-state index in [1.807, 2.05) is 30.3 Å². The quantitative estimate of drug-likeness (QED) is 0.782. The molecule has 26 heavy (non-hydrogen) atoms. The van der Waals surface area contributed by atoms with Crippen LogP contribution in [0.3, 0.4) is 0 Å². The molecule has 2 N–H and O–H groups in total. The zero-order chi connectivity index (χ0) is 18.7. The molecule has 6 nitrogen and oxygen atoms in total. The molecule has 2 saturated carbocycles. The summed E-state index contributed by atoms with van der Waals surface area (Å²) in [7, 11) is -3.68. The van der Waals surface area contributed by atoms with Crippen LogP contribution in [0.1, 0.15) is 38.7 Å². The number of sulfonamides is 1. The zero-order valence-corrected chi connectivity index (χ0v) is 16.0. The van der Waals surface area contributed by atoms with Gasteiger partial charge in [0.1, 0.15) is 6.04 Å². The minimum Gasteiger partial charge on any atom is -0.316 e. The molecule has 0 aromatic heterocycles. The standard InChI is InChI=1S/C19H26N2O4S/c1-18(2)14-8-9-19(18)12-26(24,25)21(16(19)11-14)17(22)15(20-23)10-13-6-4-3-5-7-13/h3-7,14-16,20,23H,8-12H2,1-2H3/t14-,15-,16-,19-/m1/s1. The van der Waals surface area contributed by atoms with Crippen molar-refractivity contribution in [1.82, 2.24) is 9.79 Å². The lowest BCUT2D eigenvalue weighted by atomic mass is 9.69. The summed E-state index contributed by atoms with van der Waals surface area (Å²) in [4.78, 5) is 13.1. The van der Waals surface area contributed by atoms with E-state index < -0.39 is 22.0 Å². The van der Waals surface area contributed by atoms with Crippen molar-refractivity contribution in [1.29, 1.82) is 0 Å². The zero-order valence-electron chi connectivity index (χ0n) is 15.2. The molecule has 2 aliphatic carbocycles. The van der Waals surface area contributed by atoms with Crippen LogP contribution in [0.4, 0.5) is 0 Å². The molecule has 7 heteroatoms. The summed E-state index contributed by atoms with van der Waals surface area (Å²) in [6.45, 7) is 4.31. The SMILES string of the molecule is CC1(C)[C@@H]2CC[C@]13CS(=O)(=O)N(C(=O)[C@@H](Cc1ccccc1)NO)[C@@H]3C2. The number of nitrogens with zero attached hydrogens (tertiary/aromatic N) is 1. The number of rotatable bonds is 4. The van der Waals surface area contributed by atoms with Gasteiger partial charge >= 0.3 is 0 Å². The van der Waals surface area contributed by atoms with E-state index in [9.17, 15) is 18.4 Å². The molecular weight excluding hydrogens is 352 g/mol. The number of carbonyl (C=O) groups is 1. The third-order valence-electron chi connectivity index (χ3n) is 7.36. The fourth-order valence-electron chi connectivity index (χ4n) is 5.77. The predicted molar refractivity (Wildman–Crippen MR) is 96.8 cm³/mol. The molecule has 1 aromatic rings. The van der Waals surface area contributed by atoms with Gasteiger partial charge in [0.05, 0.1) is 11.8 Å². The summed E-state index contributed by atoms with van der Waals surface area (Å²) in [5.41, 5.74) is 2.49. The lowest BCUT2D eigenvalue weighted by Crippen LogP contribution is -2.51. The minimum atomic E-state index is -3.68. The Morgan fingerprint density at radius 2 is 2.04 bits per heavy atom. The van der Waals surface area contributed by atoms with Gasteiger partial charge in [-0.25, -0.2) is 12.7 Å². The molecule has 1 saturated heterocycles. The molecule has 2 bridgehead atoms. The maximum absolute atomic E-state index is 13.1. The highest BCUT2D eigenvalue weighted by Crippen LogP contribution is 2.70. The Kier molecular flexibility index (Phi) is 3.99. The number of hydroxylamine groups is 1. The first-order valence-electron chi connectivity index (χ1n) is 9.22. The van der Waals surface area contributed by atoms with Crippen LogP contribution in [0.15, 0.2) is 30.3 Å². The second-order valence-corrected chi connectivity index (χ2v) is 10.5. The highest BCUT2D eigenvalue weighted by Gasteiger charge is 2.72. The summed E-state index contributed by atoms with van der Waals surface area (Å²) in [6.07, 6.45) is 2.87. The monoisotopic (exact) mass is 378 g/mol. The smallest absolute Gasteiger partial charge is 0.256 e. The highest BCUT2D eigenvalue weighted by molar-refractivity contribution is 7.90. The van der Waals surface area contributed by atoms with Crippen LogP contribution in [-0.2, 0) is 21.2 Å². The molecule has 3 fully saturated rings. The predicted octanol–water partition coefficient (Wildman–Crippen LogP) is 1.94. The van der Waals surface area contributed by atoms with Gasteiger partial charge in [-0.05, 0) is 42.6 Å². The summed E-state index contributed by atoms with van der Waals surface area (Å²) >= 11 is 0. The Labute approximate surface area is 154 Å². The molecule has 142 valence electrons. The first kappa shape index (κ1) is 17.9. The van der Waals surface area contributed by atoms with Gasteiger partial charge in [-0.15, -0.1) is 0 Å². The van der Waals surface area contributed by atoms with Crippen LogP contribution >= 0.6 is 0 Å². The molecule has 1 aromatic carbocycles. The second kappa shape index (κ2) is 5.78. The third kappa shape index (κ3) is 2.30. The lowest BCUT2D eigenvalue weighted by molar-refractivity contribution is -0.133. The number of benzene rings is 1. The van der Waals surface area contributed by atoms with E-state index in [0.717, 1.165) is 29.1 Å². The van der Waals surface area contributed by atoms with E-state index in [1.165, 1.54) is 0 Å². The van der Waals surface area contributed by atoms with Gasteiger partial charge in [-0.1, -0.05) is 44.2 Å². The van der Waals surface area contributed by atoms with Gasteiger partial charge in [-0.3, -0.25) is 4.79 Å². The fraction of sp³-hybridized carbons (Fsp3) is 0.632. The number of carbonyl (C=O) groups excluding carboxylic acids is 1. The lowest BCUT2D eigenvalue weighted by Gasteiger charge is -2.37. The summed E-state index contributed by atoms with van der Waals surface area (Å²) in [5.74, 6) is -0.0434. The second-order valence-electron chi connectivity index (χ2n) is 8.63. The fourth-order valence-corrected chi connectivity index (χ4v) is 8.35. The van der Waals surface area contributed by atoms with Gasteiger partial charge < -0.3 is 5.21 Å². The summed E-state index contributed by atoms with van der Waals surface area (Å²) < 4.78 is 27.0. The largest absolute Gasteiger partial charge is 0.316 e. The van der Waals surface area contributed by atoms with Crippen molar-refractivity contribution in [2.24, 2.45) is 16.7 Å². The van der Waals surface area contributed by atoms with Crippen LogP contribution in [0.2, 0.25) is 0 Å². The van der Waals surface area contributed by atoms with E-state index in [-0.39, 0.29) is 29.0 Å². The van der Waals surface area contributed by atoms with Gasteiger partial charge in [-0.2, -0.15) is 5.48 Å². The number of fused-ring (bicyclic) bond motifs is 1. The number of nitrogens with one attached hydrogen (secondary N) is 1. The molecule has 4 rings (SSSR count). The van der Waals surface area contributed by atoms with Crippen LogP contribution in [0.5, 0.6) is 0 Å². The van der Waals surface area contributed by atoms with Crippen molar-refractivity contribution >= 4 is 15.9 Å². The maximum atomic E-state index is 13.1. The number of hydrogen-bond acceptors (Lipinski definition) is 5. The molecule has 1 aliphatic heterocycles. The topological polar surface area (TPSA) is 86.7 Å². The molecule has 0 unspecified atom stereocenters. The van der Waals surface area contributed by atoms with E-state index >= 15 is 0 Å². The molecular formula is C19H26N2O4S. The van der Waals surface area contributed by atoms with Crippen LogP contribution < -0.4 is 5.48 Å². The average Bonchev–Trinajstić information content (AvgIpc) is 3.07. The van der Waals surface area contributed by atoms with E-state index in [1.54, 1.807) is 0 Å². The summed E-state index contributed by atoms with van der Waals surface area (Å²) in [5, 5.41) is 9.57. The van der Waals surface area contributed by atoms with Crippen molar-refractivity contribution in [3.05, 3.63) is 35.9 Å². The maximum Gasteiger partial charge on any atom is 0.256 e. The molecule has 3 aliphatic rings. The van der Waals surface area contributed by atoms with E-state index in [0.29, 0.717) is 5.92 Å². The Balaban J connectivity index is 1.65. The highest BCUT2D eigenvalue weighted by atomic mass is 32.2. The average molecular weight is 378 g/mol. The minimum absolute atomic E-state index is 0.0450. The molecule has 1 heterocycles. The Hall–Kier alpha value is -1.44. The molecule has 1 spiro atoms. The van der Waals surface area contributed by atoms with Crippen LogP contribution in [0, 0.1) is 16.7 Å². The first-order valence-corrected chi connectivity index (χ1v) is 10.8. The molecule has 1 amide bonds. The number of amides is 1. The molecule has 0 radical (unpaired) electrons.